The first-order valence-electron chi connectivity index (χ1n) is 6.28. The quantitative estimate of drug-likeness (QED) is 0.895. The molecule has 0 amide bonds. The lowest BCUT2D eigenvalue weighted by Crippen LogP contribution is -2.26. The molecule has 1 aliphatic rings. The minimum absolute atomic E-state index is 0.358. The highest BCUT2D eigenvalue weighted by Crippen LogP contribution is 2.31. The number of nitrogens with zero attached hydrogens (tertiary/aromatic N) is 1. The van der Waals surface area contributed by atoms with E-state index in [9.17, 15) is 0 Å². The summed E-state index contributed by atoms with van der Waals surface area (Å²) in [6.07, 6.45) is 2.83. The highest BCUT2D eigenvalue weighted by atomic mass is 16.5. The van der Waals surface area contributed by atoms with Gasteiger partial charge in [0.2, 0.25) is 0 Å². The maximum Gasteiger partial charge on any atom is 0.124 e. The summed E-state index contributed by atoms with van der Waals surface area (Å²) in [6, 6.07) is 14.6. The highest BCUT2D eigenvalue weighted by molar-refractivity contribution is 5.37. The summed E-state index contributed by atoms with van der Waals surface area (Å²) in [6.45, 7) is 1.57. The highest BCUT2D eigenvalue weighted by Gasteiger charge is 2.20. The fourth-order valence-electron chi connectivity index (χ4n) is 2.28. The Morgan fingerprint density at radius 2 is 2.06 bits per heavy atom. The van der Waals surface area contributed by atoms with Crippen LogP contribution in [0, 0.1) is 0 Å². The minimum Gasteiger partial charge on any atom is -0.493 e. The molecule has 2 aromatic rings. The van der Waals surface area contributed by atoms with Crippen LogP contribution < -0.4 is 10.1 Å². The fraction of sp³-hybridized carbons (Fsp3) is 0.267. The van der Waals surface area contributed by atoms with Crippen molar-refractivity contribution in [2.45, 2.75) is 19.0 Å². The van der Waals surface area contributed by atoms with Crippen molar-refractivity contribution in [3.05, 3.63) is 59.9 Å². The van der Waals surface area contributed by atoms with Crippen LogP contribution in [0.2, 0.25) is 0 Å². The van der Waals surface area contributed by atoms with Crippen molar-refractivity contribution in [1.82, 2.24) is 10.3 Å². The molecule has 1 unspecified atom stereocenters. The molecule has 0 spiro atoms. The van der Waals surface area contributed by atoms with Crippen molar-refractivity contribution in [1.29, 1.82) is 0 Å². The van der Waals surface area contributed by atoms with Crippen LogP contribution in [0.15, 0.2) is 48.7 Å². The van der Waals surface area contributed by atoms with E-state index in [-0.39, 0.29) is 0 Å². The molecule has 1 aromatic heterocycles. The third kappa shape index (κ3) is 2.36. The first-order chi connectivity index (χ1) is 8.93. The molecule has 1 N–H and O–H groups in total. The molecule has 92 valence electrons. The monoisotopic (exact) mass is 240 g/mol. The molecule has 0 saturated heterocycles. The molecular formula is C15H16N2O. The molecule has 18 heavy (non-hydrogen) atoms. The number of hydrogen-bond donors (Lipinski definition) is 1. The average molecular weight is 240 g/mol. The zero-order valence-corrected chi connectivity index (χ0v) is 10.2. The number of nitrogens with one attached hydrogen (secondary N) is 1. The van der Waals surface area contributed by atoms with Gasteiger partial charge in [0, 0.05) is 30.8 Å². The van der Waals surface area contributed by atoms with E-state index in [1.165, 1.54) is 5.56 Å². The fourth-order valence-corrected chi connectivity index (χ4v) is 2.28. The smallest absolute Gasteiger partial charge is 0.124 e. The molecule has 1 aliphatic heterocycles. The van der Waals surface area contributed by atoms with Gasteiger partial charge >= 0.3 is 0 Å². The Morgan fingerprint density at radius 1 is 1.17 bits per heavy atom. The third-order valence-corrected chi connectivity index (χ3v) is 3.21. The van der Waals surface area contributed by atoms with Crippen LogP contribution >= 0.6 is 0 Å². The van der Waals surface area contributed by atoms with Crippen LogP contribution in [0.25, 0.3) is 0 Å². The first kappa shape index (κ1) is 11.2. The molecular weight excluding hydrogens is 224 g/mol. The van der Waals surface area contributed by atoms with E-state index >= 15 is 0 Å². The van der Waals surface area contributed by atoms with Gasteiger partial charge in [-0.3, -0.25) is 4.98 Å². The Bertz CT molecular complexity index is 513. The van der Waals surface area contributed by atoms with Crippen LogP contribution in [-0.2, 0) is 6.54 Å². The molecule has 0 saturated carbocycles. The van der Waals surface area contributed by atoms with Crippen molar-refractivity contribution in [2.75, 3.05) is 6.61 Å². The summed E-state index contributed by atoms with van der Waals surface area (Å²) in [7, 11) is 0. The molecule has 0 radical (unpaired) electrons. The van der Waals surface area contributed by atoms with E-state index in [0.717, 1.165) is 31.0 Å². The lowest BCUT2D eigenvalue weighted by Gasteiger charge is -2.26. The molecule has 0 aliphatic carbocycles. The number of pyridine rings is 1. The van der Waals surface area contributed by atoms with Crippen molar-refractivity contribution >= 4 is 0 Å². The van der Waals surface area contributed by atoms with Crippen molar-refractivity contribution in [2.24, 2.45) is 0 Å². The lowest BCUT2D eigenvalue weighted by atomic mass is 10.0. The van der Waals surface area contributed by atoms with Crippen LogP contribution in [0.1, 0.15) is 23.7 Å². The van der Waals surface area contributed by atoms with E-state index in [0.29, 0.717) is 6.04 Å². The number of hydrogen-bond acceptors (Lipinski definition) is 3. The van der Waals surface area contributed by atoms with E-state index in [1.807, 2.05) is 36.5 Å². The number of para-hydroxylation sites is 1. The number of fused-ring (bicyclic) bond motifs is 1. The Labute approximate surface area is 107 Å². The normalized spacial score (nSPS) is 17.9. The molecule has 3 heteroatoms. The van der Waals surface area contributed by atoms with Crippen LogP contribution in [0.5, 0.6) is 5.75 Å². The number of ether oxygens (including phenoxy) is 1. The number of benzene rings is 1. The lowest BCUT2D eigenvalue weighted by molar-refractivity contribution is 0.252. The summed E-state index contributed by atoms with van der Waals surface area (Å²) in [5.41, 5.74) is 2.32. The van der Waals surface area contributed by atoms with Gasteiger partial charge in [0.25, 0.3) is 0 Å². The van der Waals surface area contributed by atoms with Gasteiger partial charge < -0.3 is 10.1 Å². The van der Waals surface area contributed by atoms with Crippen molar-refractivity contribution in [3.8, 4) is 5.75 Å². The third-order valence-electron chi connectivity index (χ3n) is 3.21. The average Bonchev–Trinajstić information content (AvgIpc) is 2.46. The topological polar surface area (TPSA) is 34.1 Å². The van der Waals surface area contributed by atoms with Gasteiger partial charge in [-0.15, -0.1) is 0 Å². The van der Waals surface area contributed by atoms with Gasteiger partial charge in [0.15, 0.2) is 0 Å². The molecule has 3 nitrogen and oxygen atoms in total. The molecule has 0 fully saturated rings. The Balaban J connectivity index is 1.71. The second-order valence-corrected chi connectivity index (χ2v) is 4.43. The van der Waals surface area contributed by atoms with Gasteiger partial charge in [-0.05, 0) is 18.2 Å². The van der Waals surface area contributed by atoms with E-state index in [2.05, 4.69) is 22.4 Å². The Morgan fingerprint density at radius 3 is 2.94 bits per heavy atom. The predicted molar refractivity (Wildman–Crippen MR) is 70.4 cm³/mol. The second-order valence-electron chi connectivity index (χ2n) is 4.43. The summed E-state index contributed by atoms with van der Waals surface area (Å²) >= 11 is 0. The summed E-state index contributed by atoms with van der Waals surface area (Å²) in [5.74, 6) is 1.00. The molecule has 1 atom stereocenters. The summed E-state index contributed by atoms with van der Waals surface area (Å²) in [5, 5.41) is 3.55. The molecule has 1 aromatic carbocycles. The standard InChI is InChI=1S/C15H16N2O/c1-2-7-15-13(6-1)14(8-10-18-15)17-11-12-5-3-4-9-16-12/h1-7,9,14,17H,8,10-11H2. The van der Waals surface area contributed by atoms with Crippen molar-refractivity contribution in [3.63, 3.8) is 0 Å². The van der Waals surface area contributed by atoms with Gasteiger partial charge in [-0.25, -0.2) is 0 Å². The van der Waals surface area contributed by atoms with Gasteiger partial charge in [-0.1, -0.05) is 24.3 Å². The van der Waals surface area contributed by atoms with Crippen molar-refractivity contribution < 1.29 is 4.74 Å². The Kier molecular flexibility index (Phi) is 3.24. The minimum atomic E-state index is 0.358. The predicted octanol–water partition coefficient (Wildman–Crippen LogP) is 2.70. The van der Waals surface area contributed by atoms with E-state index < -0.39 is 0 Å². The van der Waals surface area contributed by atoms with E-state index in [4.69, 9.17) is 4.74 Å². The van der Waals surface area contributed by atoms with Crippen LogP contribution in [0.4, 0.5) is 0 Å². The number of rotatable bonds is 3. The zero-order valence-electron chi connectivity index (χ0n) is 10.2. The number of aromatic nitrogens is 1. The van der Waals surface area contributed by atoms with Gasteiger partial charge in [-0.2, -0.15) is 0 Å². The molecule has 3 rings (SSSR count). The Hall–Kier alpha value is -1.87. The van der Waals surface area contributed by atoms with Crippen LogP contribution in [0.3, 0.4) is 0 Å². The zero-order chi connectivity index (χ0) is 12.2. The van der Waals surface area contributed by atoms with Gasteiger partial charge in [0.1, 0.15) is 5.75 Å². The second kappa shape index (κ2) is 5.19. The van der Waals surface area contributed by atoms with Gasteiger partial charge in [0.05, 0.1) is 12.3 Å². The molecule has 2 heterocycles. The maximum absolute atomic E-state index is 5.65. The largest absolute Gasteiger partial charge is 0.493 e. The van der Waals surface area contributed by atoms with Crippen LogP contribution in [-0.4, -0.2) is 11.6 Å². The summed E-state index contributed by atoms with van der Waals surface area (Å²) in [4.78, 5) is 4.33. The SMILES string of the molecule is c1ccc(CNC2CCOc3ccccc32)nc1. The van der Waals surface area contributed by atoms with E-state index in [1.54, 1.807) is 0 Å². The summed E-state index contributed by atoms with van der Waals surface area (Å²) < 4.78 is 5.65. The molecule has 0 bridgehead atoms. The first-order valence-corrected chi connectivity index (χ1v) is 6.28. The maximum atomic E-state index is 5.65.